The van der Waals surface area contributed by atoms with Crippen LogP contribution in [0.1, 0.15) is 29.9 Å². The molecule has 1 aromatic heterocycles. The number of nitrogens with zero attached hydrogens (tertiary/aromatic N) is 1. The molecule has 154 valence electrons. The largest absolute Gasteiger partial charge is 0.496 e. The minimum Gasteiger partial charge on any atom is -0.496 e. The number of carbonyl (C=O) groups is 1. The van der Waals surface area contributed by atoms with Crippen molar-refractivity contribution in [2.24, 2.45) is 5.41 Å². The number of rotatable bonds is 7. The van der Waals surface area contributed by atoms with Gasteiger partial charge >= 0.3 is 0 Å². The van der Waals surface area contributed by atoms with Crippen LogP contribution in [0.3, 0.4) is 0 Å². The molecule has 0 saturated carbocycles. The molecule has 0 spiro atoms. The summed E-state index contributed by atoms with van der Waals surface area (Å²) in [6, 6.07) is 13.2. The highest BCUT2D eigenvalue weighted by molar-refractivity contribution is 9.10. The van der Waals surface area contributed by atoms with Crippen LogP contribution in [0.5, 0.6) is 5.75 Å². The van der Waals surface area contributed by atoms with Gasteiger partial charge in [0.2, 0.25) is 0 Å². The Labute approximate surface area is 183 Å². The lowest BCUT2D eigenvalue weighted by molar-refractivity contribution is 0.0902. The zero-order valence-corrected chi connectivity index (χ0v) is 19.0. The molecule has 0 aliphatic rings. The molecule has 0 fully saturated rings. The number of benzene rings is 2. The normalized spacial score (nSPS) is 11.7. The number of nitrogens with one attached hydrogen (secondary N) is 1. The van der Waals surface area contributed by atoms with Gasteiger partial charge in [0, 0.05) is 44.5 Å². The van der Waals surface area contributed by atoms with Crippen molar-refractivity contribution in [1.29, 1.82) is 0 Å². The van der Waals surface area contributed by atoms with E-state index in [2.05, 4.69) is 21.2 Å². The van der Waals surface area contributed by atoms with Crippen molar-refractivity contribution in [2.75, 3.05) is 20.3 Å². The fraction of sp³-hybridized carbons (Fsp3) is 0.318. The summed E-state index contributed by atoms with van der Waals surface area (Å²) >= 11 is 9.67. The van der Waals surface area contributed by atoms with Gasteiger partial charge in [-0.15, -0.1) is 0 Å². The molecular weight excluding hydrogens is 456 g/mol. The number of aromatic nitrogens is 1. The molecule has 0 atom stereocenters. The summed E-state index contributed by atoms with van der Waals surface area (Å²) in [6.07, 6.45) is 0. The summed E-state index contributed by atoms with van der Waals surface area (Å²) in [5.74, 6) is 0.546. The third-order valence-corrected chi connectivity index (χ3v) is 5.55. The SMILES string of the molecule is COc1ccc(Br)cc1Cn1c(C(=O)NCC(C)(C)CO)cc2cc(Cl)ccc21. The van der Waals surface area contributed by atoms with E-state index < -0.39 is 5.41 Å². The first-order valence-corrected chi connectivity index (χ1v) is 10.4. The number of hydrogen-bond acceptors (Lipinski definition) is 3. The quantitative estimate of drug-likeness (QED) is 0.508. The summed E-state index contributed by atoms with van der Waals surface area (Å²) in [5, 5.41) is 13.9. The van der Waals surface area contributed by atoms with Crippen LogP contribution >= 0.6 is 27.5 Å². The second-order valence-electron chi connectivity index (χ2n) is 7.78. The van der Waals surface area contributed by atoms with Gasteiger partial charge in [0.1, 0.15) is 11.4 Å². The summed E-state index contributed by atoms with van der Waals surface area (Å²) in [7, 11) is 1.63. The first-order valence-electron chi connectivity index (χ1n) is 9.24. The first kappa shape index (κ1) is 21.7. The lowest BCUT2D eigenvalue weighted by atomic mass is 9.95. The third kappa shape index (κ3) is 4.94. The van der Waals surface area contributed by atoms with Gasteiger partial charge in [0.05, 0.1) is 13.7 Å². The maximum Gasteiger partial charge on any atom is 0.267 e. The van der Waals surface area contributed by atoms with Gasteiger partial charge in [0.25, 0.3) is 5.91 Å². The van der Waals surface area contributed by atoms with Gasteiger partial charge in [-0.1, -0.05) is 41.4 Å². The lowest BCUT2D eigenvalue weighted by Gasteiger charge is -2.22. The van der Waals surface area contributed by atoms with Gasteiger partial charge < -0.3 is 19.7 Å². The molecule has 1 heterocycles. The van der Waals surface area contributed by atoms with Crippen molar-refractivity contribution in [3.63, 3.8) is 0 Å². The predicted octanol–water partition coefficient (Wildman–Crippen LogP) is 4.86. The van der Waals surface area contributed by atoms with Crippen molar-refractivity contribution in [2.45, 2.75) is 20.4 Å². The van der Waals surface area contributed by atoms with Crippen molar-refractivity contribution in [3.05, 3.63) is 63.2 Å². The number of fused-ring (bicyclic) bond motifs is 1. The molecular formula is C22H24BrClN2O3. The molecule has 0 saturated heterocycles. The van der Waals surface area contributed by atoms with Crippen LogP contribution in [0.4, 0.5) is 0 Å². The highest BCUT2D eigenvalue weighted by Gasteiger charge is 2.21. The molecule has 0 unspecified atom stereocenters. The zero-order chi connectivity index (χ0) is 21.2. The van der Waals surface area contributed by atoms with Crippen LogP contribution in [-0.2, 0) is 6.54 Å². The maximum atomic E-state index is 13.0. The smallest absolute Gasteiger partial charge is 0.267 e. The van der Waals surface area contributed by atoms with Gasteiger partial charge in [0.15, 0.2) is 0 Å². The average molecular weight is 480 g/mol. The Morgan fingerprint density at radius 2 is 2.00 bits per heavy atom. The van der Waals surface area contributed by atoms with Crippen molar-refractivity contribution in [3.8, 4) is 5.75 Å². The average Bonchev–Trinajstić information content (AvgIpc) is 3.04. The summed E-state index contributed by atoms with van der Waals surface area (Å²) in [5.41, 5.74) is 1.98. The van der Waals surface area contributed by atoms with Gasteiger partial charge in [-0.05, 0) is 42.5 Å². The molecule has 0 aliphatic heterocycles. The standard InChI is InChI=1S/C22H24BrClN2O3/c1-22(2,13-27)12-25-21(28)19-10-14-9-17(24)5-6-18(14)26(19)11-15-8-16(23)4-7-20(15)29-3/h4-10,27H,11-13H2,1-3H3,(H,25,28). The van der Waals surface area contributed by atoms with Gasteiger partial charge in [-0.2, -0.15) is 0 Å². The number of hydrogen-bond donors (Lipinski definition) is 2. The Kier molecular flexibility index (Phi) is 6.56. The van der Waals surface area contributed by atoms with Crippen LogP contribution < -0.4 is 10.1 Å². The first-order chi connectivity index (χ1) is 13.7. The Balaban J connectivity index is 2.04. The molecule has 3 rings (SSSR count). The Bertz CT molecular complexity index is 1050. The topological polar surface area (TPSA) is 63.5 Å². The molecule has 2 aromatic carbocycles. The van der Waals surface area contributed by atoms with Crippen molar-refractivity contribution in [1.82, 2.24) is 9.88 Å². The Morgan fingerprint density at radius 3 is 2.69 bits per heavy atom. The number of carbonyl (C=O) groups excluding carboxylic acids is 1. The fourth-order valence-electron chi connectivity index (χ4n) is 3.11. The van der Waals surface area contributed by atoms with Crippen LogP contribution in [-0.4, -0.2) is 35.8 Å². The molecule has 7 heteroatoms. The van der Waals surface area contributed by atoms with Gasteiger partial charge in [-0.25, -0.2) is 0 Å². The molecule has 5 nitrogen and oxygen atoms in total. The van der Waals surface area contributed by atoms with Crippen LogP contribution in [0.25, 0.3) is 10.9 Å². The number of halogens is 2. The summed E-state index contributed by atoms with van der Waals surface area (Å²) in [6.45, 7) is 4.61. The fourth-order valence-corrected chi connectivity index (χ4v) is 3.70. The van der Waals surface area contributed by atoms with Crippen LogP contribution in [0.2, 0.25) is 5.02 Å². The van der Waals surface area contributed by atoms with Crippen LogP contribution in [0, 0.1) is 5.41 Å². The lowest BCUT2D eigenvalue weighted by Crippen LogP contribution is -2.36. The second kappa shape index (κ2) is 8.78. The van der Waals surface area contributed by atoms with E-state index in [1.807, 2.05) is 60.9 Å². The van der Waals surface area contributed by atoms with Crippen molar-refractivity contribution >= 4 is 44.3 Å². The van der Waals surface area contributed by atoms with E-state index in [0.717, 1.165) is 26.7 Å². The molecule has 0 bridgehead atoms. The zero-order valence-electron chi connectivity index (χ0n) is 16.6. The molecule has 0 radical (unpaired) electrons. The van der Waals surface area contributed by atoms with E-state index in [4.69, 9.17) is 16.3 Å². The monoisotopic (exact) mass is 478 g/mol. The van der Waals surface area contributed by atoms with Gasteiger partial charge in [-0.3, -0.25) is 4.79 Å². The van der Waals surface area contributed by atoms with E-state index in [-0.39, 0.29) is 12.5 Å². The molecule has 0 aliphatic carbocycles. The number of aliphatic hydroxyl groups is 1. The molecule has 3 aromatic rings. The predicted molar refractivity (Wildman–Crippen MR) is 120 cm³/mol. The molecule has 2 N–H and O–H groups in total. The van der Waals surface area contributed by atoms with Crippen molar-refractivity contribution < 1.29 is 14.6 Å². The van der Waals surface area contributed by atoms with E-state index in [0.29, 0.717) is 23.8 Å². The van der Waals surface area contributed by atoms with E-state index in [1.165, 1.54) is 0 Å². The Hall–Kier alpha value is -2.02. The highest BCUT2D eigenvalue weighted by Crippen LogP contribution is 2.29. The molecule has 1 amide bonds. The Morgan fingerprint density at radius 1 is 1.24 bits per heavy atom. The maximum absolute atomic E-state index is 13.0. The number of methoxy groups -OCH3 is 1. The van der Waals surface area contributed by atoms with E-state index >= 15 is 0 Å². The van der Waals surface area contributed by atoms with Crippen LogP contribution in [0.15, 0.2) is 46.9 Å². The van der Waals surface area contributed by atoms with E-state index in [1.54, 1.807) is 7.11 Å². The summed E-state index contributed by atoms with van der Waals surface area (Å²) in [4.78, 5) is 13.0. The number of aliphatic hydroxyl groups excluding tert-OH is 1. The summed E-state index contributed by atoms with van der Waals surface area (Å²) < 4.78 is 8.39. The van der Waals surface area contributed by atoms with E-state index in [9.17, 15) is 9.90 Å². The second-order valence-corrected chi connectivity index (χ2v) is 9.13. The minimum atomic E-state index is -0.399. The third-order valence-electron chi connectivity index (χ3n) is 4.82. The minimum absolute atomic E-state index is 0.0128. The number of amides is 1. The molecule has 29 heavy (non-hydrogen) atoms. The highest BCUT2D eigenvalue weighted by atomic mass is 79.9. The number of ether oxygens (including phenoxy) is 1.